The molecule has 0 saturated heterocycles. The minimum absolute atomic E-state index is 0.273. The SMILES string of the molecule is Cc1nc([C@H](O)[C@H]2CC=CCC2)n[nH]1. The van der Waals surface area contributed by atoms with Crippen LogP contribution in [-0.4, -0.2) is 20.3 Å². The number of aliphatic hydroxyl groups excluding tert-OH is 1. The van der Waals surface area contributed by atoms with Gasteiger partial charge in [0.25, 0.3) is 0 Å². The van der Waals surface area contributed by atoms with Crippen LogP contribution in [0, 0.1) is 12.8 Å². The Kier molecular flexibility index (Phi) is 2.63. The third-order valence-corrected chi connectivity index (χ3v) is 2.64. The van der Waals surface area contributed by atoms with E-state index >= 15 is 0 Å². The van der Waals surface area contributed by atoms with E-state index in [1.807, 2.05) is 6.92 Å². The van der Waals surface area contributed by atoms with Gasteiger partial charge < -0.3 is 5.11 Å². The van der Waals surface area contributed by atoms with Gasteiger partial charge >= 0.3 is 0 Å². The summed E-state index contributed by atoms with van der Waals surface area (Å²) in [5.41, 5.74) is 0. The third kappa shape index (κ3) is 1.85. The summed E-state index contributed by atoms with van der Waals surface area (Å²) >= 11 is 0. The average Bonchev–Trinajstić information content (AvgIpc) is 2.65. The Morgan fingerprint density at radius 2 is 2.43 bits per heavy atom. The third-order valence-electron chi connectivity index (χ3n) is 2.64. The zero-order valence-electron chi connectivity index (χ0n) is 8.27. The molecule has 0 unspecified atom stereocenters. The van der Waals surface area contributed by atoms with Crippen LogP contribution in [0.2, 0.25) is 0 Å². The van der Waals surface area contributed by atoms with E-state index in [4.69, 9.17) is 0 Å². The van der Waals surface area contributed by atoms with Gasteiger partial charge in [0.1, 0.15) is 11.9 Å². The van der Waals surface area contributed by atoms with Gasteiger partial charge in [-0.1, -0.05) is 12.2 Å². The number of H-pyrrole nitrogens is 1. The highest BCUT2D eigenvalue weighted by molar-refractivity contribution is 4.99. The lowest BCUT2D eigenvalue weighted by Gasteiger charge is -2.21. The highest BCUT2D eigenvalue weighted by atomic mass is 16.3. The summed E-state index contributed by atoms with van der Waals surface area (Å²) in [6.45, 7) is 1.84. The summed E-state index contributed by atoms with van der Waals surface area (Å²) in [5, 5.41) is 16.7. The lowest BCUT2D eigenvalue weighted by molar-refractivity contribution is 0.0943. The Morgan fingerprint density at radius 1 is 1.57 bits per heavy atom. The molecular formula is C10H15N3O. The number of nitrogens with zero attached hydrogens (tertiary/aromatic N) is 2. The van der Waals surface area contributed by atoms with Crippen molar-refractivity contribution < 1.29 is 5.11 Å². The zero-order valence-corrected chi connectivity index (χ0v) is 8.27. The molecule has 0 saturated carbocycles. The van der Waals surface area contributed by atoms with E-state index in [0.29, 0.717) is 5.82 Å². The number of aromatic nitrogens is 3. The van der Waals surface area contributed by atoms with Crippen LogP contribution in [0.4, 0.5) is 0 Å². The second-order valence-corrected chi connectivity index (χ2v) is 3.77. The molecule has 1 aromatic heterocycles. The van der Waals surface area contributed by atoms with Gasteiger partial charge in [0.05, 0.1) is 0 Å². The molecule has 1 heterocycles. The number of rotatable bonds is 2. The number of aryl methyl sites for hydroxylation is 1. The molecule has 1 aromatic rings. The van der Waals surface area contributed by atoms with Crippen LogP contribution in [0.3, 0.4) is 0 Å². The van der Waals surface area contributed by atoms with Crippen LogP contribution in [0.5, 0.6) is 0 Å². The normalized spacial score (nSPS) is 23.7. The van der Waals surface area contributed by atoms with Crippen molar-refractivity contribution in [2.75, 3.05) is 0 Å². The molecule has 0 fully saturated rings. The first-order chi connectivity index (χ1) is 6.77. The lowest BCUT2D eigenvalue weighted by atomic mass is 9.89. The fraction of sp³-hybridized carbons (Fsp3) is 0.600. The van der Waals surface area contributed by atoms with Crippen LogP contribution < -0.4 is 0 Å². The molecule has 0 aliphatic heterocycles. The Balaban J connectivity index is 2.07. The molecule has 2 N–H and O–H groups in total. The zero-order chi connectivity index (χ0) is 9.97. The average molecular weight is 193 g/mol. The van der Waals surface area contributed by atoms with E-state index in [0.717, 1.165) is 25.1 Å². The number of hydrogen-bond donors (Lipinski definition) is 2. The number of hydrogen-bond acceptors (Lipinski definition) is 3. The van der Waals surface area contributed by atoms with Gasteiger partial charge in [-0.2, -0.15) is 5.10 Å². The number of nitrogens with one attached hydrogen (secondary N) is 1. The molecular weight excluding hydrogens is 178 g/mol. The molecule has 2 rings (SSSR count). The van der Waals surface area contributed by atoms with Gasteiger partial charge in [-0.3, -0.25) is 5.10 Å². The van der Waals surface area contributed by atoms with E-state index in [1.165, 1.54) is 0 Å². The molecule has 2 atom stereocenters. The Hall–Kier alpha value is -1.16. The topological polar surface area (TPSA) is 61.8 Å². The monoisotopic (exact) mass is 193 g/mol. The number of aliphatic hydroxyl groups is 1. The first-order valence-corrected chi connectivity index (χ1v) is 4.99. The Labute approximate surface area is 83.1 Å². The summed E-state index contributed by atoms with van der Waals surface area (Å²) in [4.78, 5) is 4.15. The molecule has 4 nitrogen and oxygen atoms in total. The molecule has 0 spiro atoms. The maximum absolute atomic E-state index is 9.98. The van der Waals surface area contributed by atoms with Crippen LogP contribution in [0.15, 0.2) is 12.2 Å². The summed E-state index contributed by atoms with van der Waals surface area (Å²) in [5.74, 6) is 1.56. The smallest absolute Gasteiger partial charge is 0.179 e. The van der Waals surface area contributed by atoms with Gasteiger partial charge in [-0.25, -0.2) is 4.98 Å². The highest BCUT2D eigenvalue weighted by Gasteiger charge is 2.24. The minimum Gasteiger partial charge on any atom is -0.385 e. The molecule has 1 aliphatic rings. The molecule has 76 valence electrons. The maximum atomic E-state index is 9.98. The quantitative estimate of drug-likeness (QED) is 0.700. The lowest BCUT2D eigenvalue weighted by Crippen LogP contribution is -2.15. The molecule has 0 radical (unpaired) electrons. The van der Waals surface area contributed by atoms with Gasteiger partial charge in [0.2, 0.25) is 0 Å². The van der Waals surface area contributed by atoms with Crippen LogP contribution in [0.25, 0.3) is 0 Å². The first kappa shape index (κ1) is 9.40. The van der Waals surface area contributed by atoms with Gasteiger partial charge in [0.15, 0.2) is 5.82 Å². The van der Waals surface area contributed by atoms with E-state index in [9.17, 15) is 5.11 Å². The molecule has 0 aromatic carbocycles. The van der Waals surface area contributed by atoms with Crippen molar-refractivity contribution in [1.29, 1.82) is 0 Å². The van der Waals surface area contributed by atoms with E-state index in [1.54, 1.807) is 0 Å². The molecule has 0 amide bonds. The summed E-state index contributed by atoms with van der Waals surface area (Å²) in [6.07, 6.45) is 6.75. The predicted octanol–water partition coefficient (Wildman–Crippen LogP) is 1.50. The predicted molar refractivity (Wildman–Crippen MR) is 52.6 cm³/mol. The van der Waals surface area contributed by atoms with Crippen molar-refractivity contribution in [2.45, 2.75) is 32.3 Å². The fourth-order valence-corrected chi connectivity index (χ4v) is 1.81. The summed E-state index contributed by atoms with van der Waals surface area (Å²) in [6, 6.07) is 0. The van der Waals surface area contributed by atoms with Crippen molar-refractivity contribution in [2.24, 2.45) is 5.92 Å². The highest BCUT2D eigenvalue weighted by Crippen LogP contribution is 2.29. The summed E-state index contributed by atoms with van der Waals surface area (Å²) in [7, 11) is 0. The van der Waals surface area contributed by atoms with Gasteiger partial charge in [-0.05, 0) is 32.1 Å². The van der Waals surface area contributed by atoms with Crippen LogP contribution in [0.1, 0.15) is 37.0 Å². The van der Waals surface area contributed by atoms with Crippen molar-refractivity contribution in [3.8, 4) is 0 Å². The van der Waals surface area contributed by atoms with E-state index in [-0.39, 0.29) is 5.92 Å². The maximum Gasteiger partial charge on any atom is 0.179 e. The van der Waals surface area contributed by atoms with E-state index in [2.05, 4.69) is 27.3 Å². The molecule has 14 heavy (non-hydrogen) atoms. The second kappa shape index (κ2) is 3.92. The summed E-state index contributed by atoms with van der Waals surface area (Å²) < 4.78 is 0. The second-order valence-electron chi connectivity index (χ2n) is 3.77. The standard InChI is InChI=1S/C10H15N3O/c1-7-11-10(13-12-7)9(14)8-5-3-2-4-6-8/h2-3,8-9,14H,4-6H2,1H3,(H,11,12,13)/t8-,9+/m0/s1. The largest absolute Gasteiger partial charge is 0.385 e. The van der Waals surface area contributed by atoms with Crippen molar-refractivity contribution in [1.82, 2.24) is 15.2 Å². The molecule has 0 bridgehead atoms. The van der Waals surface area contributed by atoms with Gasteiger partial charge in [0, 0.05) is 0 Å². The Morgan fingerprint density at radius 3 is 3.00 bits per heavy atom. The number of aromatic amines is 1. The van der Waals surface area contributed by atoms with Gasteiger partial charge in [-0.15, -0.1) is 0 Å². The Bertz CT molecular complexity index is 332. The molecule has 1 aliphatic carbocycles. The first-order valence-electron chi connectivity index (χ1n) is 4.99. The number of allylic oxidation sites excluding steroid dienone is 2. The minimum atomic E-state index is -0.523. The van der Waals surface area contributed by atoms with Crippen molar-refractivity contribution >= 4 is 0 Å². The molecule has 4 heteroatoms. The van der Waals surface area contributed by atoms with Crippen molar-refractivity contribution in [3.05, 3.63) is 23.8 Å². The van der Waals surface area contributed by atoms with E-state index < -0.39 is 6.10 Å². The van der Waals surface area contributed by atoms with Crippen LogP contribution in [-0.2, 0) is 0 Å². The van der Waals surface area contributed by atoms with Crippen molar-refractivity contribution in [3.63, 3.8) is 0 Å². The van der Waals surface area contributed by atoms with Crippen LogP contribution >= 0.6 is 0 Å². The fourth-order valence-electron chi connectivity index (χ4n) is 1.81.